The second-order valence-corrected chi connectivity index (χ2v) is 6.02. The minimum Gasteiger partial charge on any atom is -0.454 e. The second-order valence-electron chi connectivity index (χ2n) is 6.02. The number of halogens is 3. The van der Waals surface area contributed by atoms with Crippen molar-refractivity contribution in [3.8, 4) is 11.4 Å². The summed E-state index contributed by atoms with van der Waals surface area (Å²) in [5.74, 6) is -0.807. The highest BCUT2D eigenvalue weighted by Crippen LogP contribution is 2.30. The molecule has 1 aliphatic rings. The molecule has 2 aromatic rings. The lowest BCUT2D eigenvalue weighted by atomic mass is 10.1. The summed E-state index contributed by atoms with van der Waals surface area (Å²) in [4.78, 5) is 28.9. The molecule has 3 rings (SSSR count). The van der Waals surface area contributed by atoms with E-state index >= 15 is 0 Å². The molecule has 1 saturated heterocycles. The lowest BCUT2D eigenvalue weighted by Gasteiger charge is -2.30. The van der Waals surface area contributed by atoms with E-state index in [2.05, 4.69) is 10.1 Å². The van der Waals surface area contributed by atoms with Crippen LogP contribution in [0.4, 0.5) is 13.2 Å². The van der Waals surface area contributed by atoms with E-state index in [-0.39, 0.29) is 37.4 Å². The molecule has 2 heterocycles. The summed E-state index contributed by atoms with van der Waals surface area (Å²) in [6.45, 7) is 1.79. The molecule has 1 amide bonds. The third-order valence-corrected chi connectivity index (χ3v) is 4.05. The summed E-state index contributed by atoms with van der Waals surface area (Å²) in [7, 11) is 0. The molecule has 0 bridgehead atoms. The van der Waals surface area contributed by atoms with Gasteiger partial charge in [0.1, 0.15) is 0 Å². The fraction of sp³-hybridized carbons (Fsp3) is 0.412. The molecule has 0 saturated carbocycles. The molecule has 1 fully saturated rings. The molecule has 28 heavy (non-hydrogen) atoms. The maximum Gasteiger partial charge on any atom is 0.416 e. The summed E-state index contributed by atoms with van der Waals surface area (Å²) in [6, 6.07) is 4.25. The molecular formula is C17H16F3N3O5. The Kier molecular flexibility index (Phi) is 5.63. The van der Waals surface area contributed by atoms with Crippen LogP contribution >= 0.6 is 0 Å². The number of rotatable bonds is 4. The van der Waals surface area contributed by atoms with Crippen molar-refractivity contribution < 1.29 is 36.8 Å². The van der Waals surface area contributed by atoms with Gasteiger partial charge in [0, 0.05) is 19.0 Å². The molecule has 0 radical (unpaired) electrons. The molecule has 1 aliphatic heterocycles. The molecule has 1 atom stereocenters. The summed E-state index contributed by atoms with van der Waals surface area (Å²) in [5, 5.41) is 3.66. The Bertz CT molecular complexity index is 850. The van der Waals surface area contributed by atoms with Crippen molar-refractivity contribution in [1.29, 1.82) is 0 Å². The van der Waals surface area contributed by atoms with Gasteiger partial charge in [0.2, 0.25) is 11.7 Å². The Labute approximate surface area is 157 Å². The Morgan fingerprint density at radius 2 is 2.00 bits per heavy atom. The van der Waals surface area contributed by atoms with Crippen LogP contribution in [-0.4, -0.2) is 52.7 Å². The normalized spacial score (nSPS) is 17.4. The minimum absolute atomic E-state index is 0.0255. The van der Waals surface area contributed by atoms with Gasteiger partial charge >= 0.3 is 12.1 Å². The second kappa shape index (κ2) is 7.97. The van der Waals surface area contributed by atoms with Gasteiger partial charge in [-0.05, 0) is 12.1 Å². The number of hydrogen-bond donors (Lipinski definition) is 0. The first-order valence-electron chi connectivity index (χ1n) is 8.28. The van der Waals surface area contributed by atoms with Crippen LogP contribution in [0.1, 0.15) is 18.4 Å². The lowest BCUT2D eigenvalue weighted by Crippen LogP contribution is -2.48. The van der Waals surface area contributed by atoms with Crippen LogP contribution in [0.15, 0.2) is 28.8 Å². The molecule has 1 aromatic carbocycles. The number of nitrogens with zero attached hydrogens (tertiary/aromatic N) is 3. The van der Waals surface area contributed by atoms with E-state index in [0.29, 0.717) is 12.1 Å². The maximum absolute atomic E-state index is 12.6. The predicted octanol–water partition coefficient (Wildman–Crippen LogP) is 2.05. The third kappa shape index (κ3) is 4.66. The Hall–Kier alpha value is -2.95. The number of esters is 1. The smallest absolute Gasteiger partial charge is 0.416 e. The standard InChI is InChI=1S/C17H16F3N3O5/c1-10(24)23-6-7-26-13(8-23)16(25)27-9-14-21-15(22-28-14)11-2-4-12(5-3-11)17(18,19)20/h2-5,13H,6-9H2,1H3. The van der Waals surface area contributed by atoms with E-state index in [1.807, 2.05) is 0 Å². The number of carbonyl (C=O) groups is 2. The fourth-order valence-corrected chi connectivity index (χ4v) is 2.54. The lowest BCUT2D eigenvalue weighted by molar-refractivity contribution is -0.166. The van der Waals surface area contributed by atoms with Crippen molar-refractivity contribution in [2.75, 3.05) is 19.7 Å². The van der Waals surface area contributed by atoms with Crippen molar-refractivity contribution in [3.05, 3.63) is 35.7 Å². The van der Waals surface area contributed by atoms with Crippen LogP contribution in [0, 0.1) is 0 Å². The number of hydrogen-bond acceptors (Lipinski definition) is 7. The summed E-state index contributed by atoms with van der Waals surface area (Å²) >= 11 is 0. The summed E-state index contributed by atoms with van der Waals surface area (Å²) in [5.41, 5.74) is -0.469. The van der Waals surface area contributed by atoms with Gasteiger partial charge in [0.15, 0.2) is 12.7 Å². The molecular weight excluding hydrogens is 383 g/mol. The largest absolute Gasteiger partial charge is 0.454 e. The first kappa shape index (κ1) is 19.8. The Morgan fingerprint density at radius 3 is 2.64 bits per heavy atom. The van der Waals surface area contributed by atoms with E-state index < -0.39 is 23.8 Å². The predicted molar refractivity (Wildman–Crippen MR) is 86.5 cm³/mol. The zero-order chi connectivity index (χ0) is 20.3. The Morgan fingerprint density at radius 1 is 1.29 bits per heavy atom. The number of alkyl halides is 3. The summed E-state index contributed by atoms with van der Waals surface area (Å²) < 4.78 is 53.1. The van der Waals surface area contributed by atoms with Crippen molar-refractivity contribution in [3.63, 3.8) is 0 Å². The monoisotopic (exact) mass is 399 g/mol. The van der Waals surface area contributed by atoms with Crippen molar-refractivity contribution in [2.45, 2.75) is 25.8 Å². The number of carbonyl (C=O) groups excluding carboxylic acids is 2. The van der Waals surface area contributed by atoms with Gasteiger partial charge < -0.3 is 18.9 Å². The van der Waals surface area contributed by atoms with Gasteiger partial charge in [0.05, 0.1) is 18.7 Å². The van der Waals surface area contributed by atoms with Crippen LogP contribution in [0.2, 0.25) is 0 Å². The Balaban J connectivity index is 1.57. The van der Waals surface area contributed by atoms with Crippen LogP contribution in [0.25, 0.3) is 11.4 Å². The van der Waals surface area contributed by atoms with Crippen LogP contribution in [-0.2, 0) is 31.8 Å². The van der Waals surface area contributed by atoms with E-state index in [1.54, 1.807) is 0 Å². The summed E-state index contributed by atoms with van der Waals surface area (Å²) in [6.07, 6.45) is -5.34. The molecule has 150 valence electrons. The van der Waals surface area contributed by atoms with E-state index in [1.165, 1.54) is 24.0 Å². The molecule has 0 N–H and O–H groups in total. The third-order valence-electron chi connectivity index (χ3n) is 4.05. The SMILES string of the molecule is CC(=O)N1CCOC(C(=O)OCc2nc(-c3ccc(C(F)(F)F)cc3)no2)C1. The van der Waals surface area contributed by atoms with Gasteiger partial charge in [-0.2, -0.15) is 18.2 Å². The zero-order valence-corrected chi connectivity index (χ0v) is 14.7. The molecule has 11 heteroatoms. The molecule has 8 nitrogen and oxygen atoms in total. The number of ether oxygens (including phenoxy) is 2. The average Bonchev–Trinajstić information content (AvgIpc) is 3.14. The van der Waals surface area contributed by atoms with Crippen LogP contribution < -0.4 is 0 Å². The molecule has 0 spiro atoms. The van der Waals surface area contributed by atoms with Gasteiger partial charge in [0.25, 0.3) is 5.89 Å². The number of morpholine rings is 1. The first-order chi connectivity index (χ1) is 13.2. The van der Waals surface area contributed by atoms with Gasteiger partial charge in [-0.25, -0.2) is 4.79 Å². The van der Waals surface area contributed by atoms with E-state index in [9.17, 15) is 22.8 Å². The van der Waals surface area contributed by atoms with Gasteiger partial charge in [-0.1, -0.05) is 17.3 Å². The van der Waals surface area contributed by atoms with Crippen molar-refractivity contribution >= 4 is 11.9 Å². The topological polar surface area (TPSA) is 94.8 Å². The first-order valence-corrected chi connectivity index (χ1v) is 8.28. The zero-order valence-electron chi connectivity index (χ0n) is 14.7. The molecule has 1 unspecified atom stereocenters. The molecule has 0 aliphatic carbocycles. The highest BCUT2D eigenvalue weighted by molar-refractivity contribution is 5.78. The fourth-order valence-electron chi connectivity index (χ4n) is 2.54. The van der Waals surface area contributed by atoms with Gasteiger partial charge in [-0.15, -0.1) is 0 Å². The highest BCUT2D eigenvalue weighted by atomic mass is 19.4. The van der Waals surface area contributed by atoms with Crippen LogP contribution in [0.5, 0.6) is 0 Å². The van der Waals surface area contributed by atoms with Gasteiger partial charge in [-0.3, -0.25) is 4.79 Å². The minimum atomic E-state index is -4.44. The number of amides is 1. The average molecular weight is 399 g/mol. The van der Waals surface area contributed by atoms with E-state index in [4.69, 9.17) is 14.0 Å². The quantitative estimate of drug-likeness (QED) is 0.726. The highest BCUT2D eigenvalue weighted by Gasteiger charge is 2.31. The number of aromatic nitrogens is 2. The van der Waals surface area contributed by atoms with Crippen molar-refractivity contribution in [2.24, 2.45) is 0 Å². The molecule has 1 aromatic heterocycles. The van der Waals surface area contributed by atoms with Crippen LogP contribution in [0.3, 0.4) is 0 Å². The van der Waals surface area contributed by atoms with Crippen molar-refractivity contribution in [1.82, 2.24) is 15.0 Å². The van der Waals surface area contributed by atoms with E-state index in [0.717, 1.165) is 12.1 Å². The number of benzene rings is 1. The maximum atomic E-state index is 12.6.